The van der Waals surface area contributed by atoms with Crippen molar-refractivity contribution in [3.05, 3.63) is 70.7 Å². The molecule has 0 saturated carbocycles. The van der Waals surface area contributed by atoms with Crippen LogP contribution in [-0.2, 0) is 4.79 Å². The van der Waals surface area contributed by atoms with E-state index in [-0.39, 0.29) is 12.4 Å². The number of fused-ring (bicyclic) bond motifs is 1. The van der Waals surface area contributed by atoms with Crippen LogP contribution in [0.2, 0.25) is 0 Å². The minimum absolute atomic E-state index is 0.0485. The number of benzene rings is 3. The Hall–Kier alpha value is -2.66. The van der Waals surface area contributed by atoms with Gasteiger partial charge >= 0.3 is 5.97 Å². The summed E-state index contributed by atoms with van der Waals surface area (Å²) in [6.07, 6.45) is 0.438. The second kappa shape index (κ2) is 8.15. The monoisotopic (exact) mass is 412 g/mol. The number of Topliss-reactive ketones (excluding diaryl/α,β-unsaturated/α-hetero) is 1. The molecule has 4 nitrogen and oxygen atoms in total. The molecule has 0 saturated heterocycles. The van der Waals surface area contributed by atoms with Crippen molar-refractivity contribution in [1.82, 2.24) is 0 Å². The Kier molecular flexibility index (Phi) is 5.68. The lowest BCUT2D eigenvalue weighted by molar-refractivity contribution is -0.136. The Bertz CT molecular complexity index is 948. The molecule has 3 aromatic rings. The van der Waals surface area contributed by atoms with E-state index >= 15 is 0 Å². The number of rotatable bonds is 6. The van der Waals surface area contributed by atoms with E-state index < -0.39 is 5.97 Å². The first-order chi connectivity index (χ1) is 12.6. The van der Waals surface area contributed by atoms with Gasteiger partial charge in [-0.3, -0.25) is 4.79 Å². The molecule has 3 rings (SSSR count). The van der Waals surface area contributed by atoms with Crippen molar-refractivity contribution in [1.29, 1.82) is 0 Å². The van der Waals surface area contributed by atoms with E-state index in [4.69, 9.17) is 9.47 Å². The van der Waals surface area contributed by atoms with Crippen LogP contribution in [0.3, 0.4) is 0 Å². The number of carbonyl (C=O) groups is 2. The summed E-state index contributed by atoms with van der Waals surface area (Å²) >= 11 is 3.52. The molecule has 0 aliphatic rings. The third kappa shape index (κ3) is 4.11. The predicted molar refractivity (Wildman–Crippen MR) is 104 cm³/mol. The molecular weight excluding hydrogens is 396 g/mol. The molecule has 0 unspecified atom stereocenters. The molecule has 0 N–H and O–H groups in total. The fourth-order valence-electron chi connectivity index (χ4n) is 2.54. The summed E-state index contributed by atoms with van der Waals surface area (Å²) in [4.78, 5) is 23.6. The number of esters is 1. The molecule has 0 atom stereocenters. The first-order valence-corrected chi connectivity index (χ1v) is 9.01. The third-order valence-corrected chi connectivity index (χ3v) is 4.72. The first-order valence-electron chi connectivity index (χ1n) is 8.22. The smallest absolute Gasteiger partial charge is 0.349 e. The zero-order valence-corrected chi connectivity index (χ0v) is 15.8. The van der Waals surface area contributed by atoms with Gasteiger partial charge in [0, 0.05) is 12.0 Å². The average molecular weight is 413 g/mol. The van der Waals surface area contributed by atoms with Gasteiger partial charge in [0.25, 0.3) is 0 Å². The maximum atomic E-state index is 12.0. The average Bonchev–Trinajstić information content (AvgIpc) is 2.67. The van der Waals surface area contributed by atoms with Crippen LogP contribution < -0.4 is 9.47 Å². The van der Waals surface area contributed by atoms with Crippen LogP contribution in [0.1, 0.15) is 23.7 Å². The van der Waals surface area contributed by atoms with Gasteiger partial charge in [-0.05, 0) is 57.0 Å². The van der Waals surface area contributed by atoms with Crippen molar-refractivity contribution in [3.63, 3.8) is 0 Å². The summed E-state index contributed by atoms with van der Waals surface area (Å²) in [6, 6.07) is 18.1. The van der Waals surface area contributed by atoms with E-state index in [1.54, 1.807) is 31.2 Å². The highest BCUT2D eigenvalue weighted by Crippen LogP contribution is 2.33. The van der Waals surface area contributed by atoms with Gasteiger partial charge in [0.15, 0.2) is 12.4 Å². The van der Waals surface area contributed by atoms with Crippen LogP contribution in [0.15, 0.2) is 65.1 Å². The van der Waals surface area contributed by atoms with E-state index in [2.05, 4.69) is 15.9 Å². The van der Waals surface area contributed by atoms with Gasteiger partial charge in [0.05, 0.1) is 4.47 Å². The van der Waals surface area contributed by atoms with Crippen molar-refractivity contribution in [3.8, 4) is 11.5 Å². The predicted octanol–water partition coefficient (Wildman–Crippen LogP) is 5.18. The number of carbonyl (C=O) groups excluding carboxylic acids is 2. The van der Waals surface area contributed by atoms with Crippen molar-refractivity contribution in [2.45, 2.75) is 13.3 Å². The second-order valence-electron chi connectivity index (χ2n) is 5.66. The first kappa shape index (κ1) is 18.1. The molecule has 0 fully saturated rings. The summed E-state index contributed by atoms with van der Waals surface area (Å²) in [5.74, 6) is 0.486. The van der Waals surface area contributed by atoms with Gasteiger partial charge in [-0.1, -0.05) is 37.3 Å². The van der Waals surface area contributed by atoms with Gasteiger partial charge in [-0.25, -0.2) is 4.79 Å². The summed E-state index contributed by atoms with van der Waals surface area (Å²) in [5, 5.41) is 2.09. The van der Waals surface area contributed by atoms with Crippen molar-refractivity contribution in [2.75, 3.05) is 6.61 Å². The standard InChI is InChI=1S/C21H17BrO4/c1-2-18(23)15-7-10-16(11-8-15)26-20(24)13-25-19-12-9-14-5-3-4-6-17(14)21(19)22/h3-12H,2,13H2,1H3. The molecule has 3 aromatic carbocycles. The zero-order chi connectivity index (χ0) is 18.5. The van der Waals surface area contributed by atoms with Gasteiger partial charge < -0.3 is 9.47 Å². The second-order valence-corrected chi connectivity index (χ2v) is 6.46. The van der Waals surface area contributed by atoms with E-state index in [0.29, 0.717) is 23.5 Å². The fourth-order valence-corrected chi connectivity index (χ4v) is 3.14. The summed E-state index contributed by atoms with van der Waals surface area (Å²) < 4.78 is 11.6. The zero-order valence-electron chi connectivity index (χ0n) is 14.2. The lowest BCUT2D eigenvalue weighted by Gasteiger charge is -2.10. The maximum absolute atomic E-state index is 12.0. The number of hydrogen-bond acceptors (Lipinski definition) is 4. The molecule has 0 bridgehead atoms. The molecule has 26 heavy (non-hydrogen) atoms. The lowest BCUT2D eigenvalue weighted by Crippen LogP contribution is -2.17. The summed E-state index contributed by atoms with van der Waals surface area (Å²) in [7, 11) is 0. The van der Waals surface area contributed by atoms with E-state index in [0.717, 1.165) is 15.2 Å². The number of halogens is 1. The quantitative estimate of drug-likeness (QED) is 0.318. The largest absolute Gasteiger partial charge is 0.481 e. The number of ketones is 1. The van der Waals surface area contributed by atoms with Crippen LogP contribution in [0.4, 0.5) is 0 Å². The molecular formula is C21H17BrO4. The highest BCUT2D eigenvalue weighted by Gasteiger charge is 2.11. The summed E-state index contributed by atoms with van der Waals surface area (Å²) in [6.45, 7) is 1.59. The van der Waals surface area contributed by atoms with E-state index in [9.17, 15) is 9.59 Å². The Morgan fingerprint density at radius 3 is 2.42 bits per heavy atom. The number of hydrogen-bond donors (Lipinski definition) is 0. The van der Waals surface area contributed by atoms with Crippen LogP contribution in [0.25, 0.3) is 10.8 Å². The highest BCUT2D eigenvalue weighted by molar-refractivity contribution is 9.10. The topological polar surface area (TPSA) is 52.6 Å². The van der Waals surface area contributed by atoms with Gasteiger partial charge in [-0.2, -0.15) is 0 Å². The van der Waals surface area contributed by atoms with Gasteiger partial charge in [0.2, 0.25) is 0 Å². The SMILES string of the molecule is CCC(=O)c1ccc(OC(=O)COc2ccc3ccccc3c2Br)cc1. The molecule has 0 heterocycles. The van der Waals surface area contributed by atoms with E-state index in [1.807, 2.05) is 36.4 Å². The molecule has 5 heteroatoms. The Morgan fingerprint density at radius 1 is 0.962 bits per heavy atom. The Labute approximate surface area is 159 Å². The van der Waals surface area contributed by atoms with Crippen LogP contribution in [0, 0.1) is 0 Å². The minimum atomic E-state index is -0.514. The van der Waals surface area contributed by atoms with Crippen LogP contribution >= 0.6 is 15.9 Å². The van der Waals surface area contributed by atoms with Crippen LogP contribution in [0.5, 0.6) is 11.5 Å². The highest BCUT2D eigenvalue weighted by atomic mass is 79.9. The molecule has 0 aromatic heterocycles. The van der Waals surface area contributed by atoms with E-state index in [1.165, 1.54) is 0 Å². The number of ether oxygens (including phenoxy) is 2. The van der Waals surface area contributed by atoms with Gasteiger partial charge in [0.1, 0.15) is 11.5 Å². The third-order valence-electron chi connectivity index (χ3n) is 3.90. The maximum Gasteiger partial charge on any atom is 0.349 e. The van der Waals surface area contributed by atoms with Gasteiger partial charge in [-0.15, -0.1) is 0 Å². The Balaban J connectivity index is 1.62. The van der Waals surface area contributed by atoms with Crippen molar-refractivity contribution < 1.29 is 19.1 Å². The molecule has 0 aliphatic heterocycles. The lowest BCUT2D eigenvalue weighted by atomic mass is 10.1. The van der Waals surface area contributed by atoms with Crippen molar-refractivity contribution >= 4 is 38.5 Å². The normalized spacial score (nSPS) is 10.5. The summed E-state index contributed by atoms with van der Waals surface area (Å²) in [5.41, 5.74) is 0.601. The fraction of sp³-hybridized carbons (Fsp3) is 0.143. The Morgan fingerprint density at radius 2 is 1.69 bits per heavy atom. The molecule has 132 valence electrons. The molecule has 0 spiro atoms. The molecule has 0 amide bonds. The minimum Gasteiger partial charge on any atom is -0.481 e. The van der Waals surface area contributed by atoms with Crippen molar-refractivity contribution in [2.24, 2.45) is 0 Å². The van der Waals surface area contributed by atoms with Crippen LogP contribution in [-0.4, -0.2) is 18.4 Å². The molecule has 0 radical (unpaired) electrons. The molecule has 0 aliphatic carbocycles.